The number of hydrogen-bond acceptors (Lipinski definition) is 5. The summed E-state index contributed by atoms with van der Waals surface area (Å²) in [6.45, 7) is 8.75. The monoisotopic (exact) mass is 727 g/mol. The van der Waals surface area contributed by atoms with E-state index < -0.39 is 0 Å². The molecular weight excluding hydrogens is 657 g/mol. The summed E-state index contributed by atoms with van der Waals surface area (Å²) in [4.78, 5) is 12.5. The van der Waals surface area contributed by atoms with Gasteiger partial charge in [0.25, 0.3) is 0 Å². The van der Waals surface area contributed by atoms with Crippen LogP contribution < -0.4 is 18.9 Å². The molecule has 0 bridgehead atoms. The normalized spacial score (nSPS) is 11.2. The Hall–Kier alpha value is -3.73. The van der Waals surface area contributed by atoms with Crippen LogP contribution in [0.3, 0.4) is 0 Å². The summed E-state index contributed by atoms with van der Waals surface area (Å²) in [5, 5.41) is 0. The van der Waals surface area contributed by atoms with Crippen LogP contribution >= 0.6 is 0 Å². The van der Waals surface area contributed by atoms with Gasteiger partial charge < -0.3 is 18.9 Å². The number of unbranched alkanes of at least 4 members (excludes halogenated alkanes) is 15. The molecule has 0 atom stereocenters. The van der Waals surface area contributed by atoms with Crippen LogP contribution in [0, 0.1) is 0 Å². The third kappa shape index (κ3) is 19.8. The predicted octanol–water partition coefficient (Wildman–Crippen LogP) is 14.0. The van der Waals surface area contributed by atoms with Crippen LogP contribution in [0.15, 0.2) is 66.7 Å². The van der Waals surface area contributed by atoms with Gasteiger partial charge in [-0.25, -0.2) is 0 Å². The minimum atomic E-state index is -0.204. The second-order valence-corrected chi connectivity index (χ2v) is 14.4. The zero-order chi connectivity index (χ0) is 37.6. The summed E-state index contributed by atoms with van der Waals surface area (Å²) in [7, 11) is 0. The van der Waals surface area contributed by atoms with Crippen molar-refractivity contribution in [3.05, 3.63) is 83.4 Å². The van der Waals surface area contributed by atoms with E-state index in [0.29, 0.717) is 32.0 Å². The van der Waals surface area contributed by atoms with Gasteiger partial charge in [0.2, 0.25) is 5.75 Å². The van der Waals surface area contributed by atoms with Crippen LogP contribution in [-0.2, 0) is 11.2 Å². The van der Waals surface area contributed by atoms with E-state index in [-0.39, 0.29) is 5.97 Å². The number of hydrogen-bond donors (Lipinski definition) is 0. The van der Waals surface area contributed by atoms with Crippen molar-refractivity contribution < 1.29 is 23.7 Å². The van der Waals surface area contributed by atoms with E-state index in [1.54, 1.807) is 0 Å². The topological polar surface area (TPSA) is 54.0 Å². The SMILES string of the molecule is CCCCCCCCOc1cc(C=Cc2ccc(OC(=O)CCCc3ccccc3)cc2)cc(OCCCCCCCC)c1OCCCCCCCC. The summed E-state index contributed by atoms with van der Waals surface area (Å²) >= 11 is 0. The van der Waals surface area contributed by atoms with Crippen molar-refractivity contribution in [2.24, 2.45) is 0 Å². The Balaban J connectivity index is 1.69. The third-order valence-corrected chi connectivity index (χ3v) is 9.57. The van der Waals surface area contributed by atoms with E-state index in [1.807, 2.05) is 42.5 Å². The van der Waals surface area contributed by atoms with Crippen molar-refractivity contribution in [3.63, 3.8) is 0 Å². The second kappa shape index (κ2) is 28.7. The number of ether oxygens (including phenoxy) is 4. The van der Waals surface area contributed by atoms with Gasteiger partial charge in [-0.2, -0.15) is 0 Å². The largest absolute Gasteiger partial charge is 0.490 e. The zero-order valence-electron chi connectivity index (χ0n) is 33.5. The molecule has 3 rings (SSSR count). The van der Waals surface area contributed by atoms with Crippen molar-refractivity contribution >= 4 is 18.1 Å². The average Bonchev–Trinajstić information content (AvgIpc) is 3.17. The molecule has 0 aliphatic heterocycles. The highest BCUT2D eigenvalue weighted by molar-refractivity contribution is 5.74. The third-order valence-electron chi connectivity index (χ3n) is 9.57. The Kier molecular flexibility index (Phi) is 23.7. The quantitative estimate of drug-likeness (QED) is 0.0286. The lowest BCUT2D eigenvalue weighted by Crippen LogP contribution is -2.08. The van der Waals surface area contributed by atoms with Gasteiger partial charge in [-0.1, -0.05) is 172 Å². The second-order valence-electron chi connectivity index (χ2n) is 14.4. The first kappa shape index (κ1) is 43.7. The molecule has 0 aromatic heterocycles. The summed E-state index contributed by atoms with van der Waals surface area (Å²) in [5.41, 5.74) is 3.25. The van der Waals surface area contributed by atoms with Crippen LogP contribution in [0.1, 0.15) is 166 Å². The molecule has 5 heteroatoms. The zero-order valence-corrected chi connectivity index (χ0v) is 33.5. The highest BCUT2D eigenvalue weighted by atomic mass is 16.5. The van der Waals surface area contributed by atoms with E-state index in [4.69, 9.17) is 18.9 Å². The number of aryl methyl sites for hydroxylation is 1. The van der Waals surface area contributed by atoms with Gasteiger partial charge in [-0.3, -0.25) is 4.79 Å². The first-order valence-corrected chi connectivity index (χ1v) is 21.2. The van der Waals surface area contributed by atoms with E-state index in [0.717, 1.165) is 60.5 Å². The molecule has 0 radical (unpaired) electrons. The predicted molar refractivity (Wildman–Crippen MR) is 223 cm³/mol. The van der Waals surface area contributed by atoms with Gasteiger partial charge >= 0.3 is 5.97 Å². The average molecular weight is 727 g/mol. The van der Waals surface area contributed by atoms with E-state index >= 15 is 0 Å². The number of esters is 1. The number of carbonyl (C=O) groups is 1. The molecule has 0 fully saturated rings. The summed E-state index contributed by atoms with van der Waals surface area (Å²) in [5.74, 6) is 2.63. The van der Waals surface area contributed by atoms with Gasteiger partial charge in [0.05, 0.1) is 19.8 Å². The molecule has 0 amide bonds. The van der Waals surface area contributed by atoms with Crippen molar-refractivity contribution in [1.29, 1.82) is 0 Å². The Morgan fingerprint density at radius 3 is 1.51 bits per heavy atom. The van der Waals surface area contributed by atoms with E-state index in [1.165, 1.54) is 102 Å². The molecule has 0 aliphatic rings. The smallest absolute Gasteiger partial charge is 0.311 e. The maximum Gasteiger partial charge on any atom is 0.311 e. The Morgan fingerprint density at radius 2 is 0.981 bits per heavy atom. The molecule has 0 saturated heterocycles. The first-order chi connectivity index (χ1) is 26.1. The van der Waals surface area contributed by atoms with Gasteiger partial charge in [0.15, 0.2) is 11.5 Å². The summed E-state index contributed by atoms with van der Waals surface area (Å²) in [6.07, 6.45) is 28.1. The molecule has 53 heavy (non-hydrogen) atoms. The van der Waals surface area contributed by atoms with Crippen LogP contribution in [0.4, 0.5) is 0 Å². The van der Waals surface area contributed by atoms with Gasteiger partial charge in [-0.15, -0.1) is 0 Å². The fourth-order valence-electron chi connectivity index (χ4n) is 6.34. The lowest BCUT2D eigenvalue weighted by Gasteiger charge is -2.18. The molecule has 0 saturated carbocycles. The standard InChI is InChI=1S/C48H70O5/c1-4-7-10-13-16-22-36-50-45-39-43(31-30-42-32-34-44(35-33-42)53-47(49)29-25-28-41-26-20-19-21-27-41)40-46(51-37-23-17-14-11-8-5-2)48(45)52-38-24-18-15-12-9-6-3/h19-21,26-27,30-35,39-40H,4-18,22-25,28-29,36-38H2,1-3H3. The minimum Gasteiger partial charge on any atom is -0.490 e. The van der Waals surface area contributed by atoms with Crippen molar-refractivity contribution in [2.75, 3.05) is 19.8 Å². The van der Waals surface area contributed by atoms with Crippen LogP contribution in [0.25, 0.3) is 12.2 Å². The molecule has 3 aromatic rings. The molecule has 0 aliphatic carbocycles. The highest BCUT2D eigenvalue weighted by Gasteiger charge is 2.16. The fourth-order valence-corrected chi connectivity index (χ4v) is 6.34. The Bertz CT molecular complexity index is 1340. The van der Waals surface area contributed by atoms with E-state index in [2.05, 4.69) is 57.2 Å². The molecule has 0 N–H and O–H groups in total. The minimum absolute atomic E-state index is 0.204. The fraction of sp³-hybridized carbons (Fsp3) is 0.562. The lowest BCUT2D eigenvalue weighted by molar-refractivity contribution is -0.134. The van der Waals surface area contributed by atoms with Gasteiger partial charge in [-0.05, 0) is 73.1 Å². The molecule has 0 spiro atoms. The van der Waals surface area contributed by atoms with Gasteiger partial charge in [0.1, 0.15) is 5.75 Å². The Morgan fingerprint density at radius 1 is 0.509 bits per heavy atom. The van der Waals surface area contributed by atoms with Gasteiger partial charge in [0, 0.05) is 6.42 Å². The van der Waals surface area contributed by atoms with Crippen molar-refractivity contribution in [2.45, 2.75) is 156 Å². The lowest BCUT2D eigenvalue weighted by atomic mass is 10.1. The maximum atomic E-state index is 12.5. The molecule has 3 aromatic carbocycles. The maximum absolute atomic E-state index is 12.5. The van der Waals surface area contributed by atoms with Crippen LogP contribution in [0.2, 0.25) is 0 Å². The molecule has 292 valence electrons. The highest BCUT2D eigenvalue weighted by Crippen LogP contribution is 2.40. The molecule has 0 unspecified atom stereocenters. The first-order valence-electron chi connectivity index (χ1n) is 21.2. The number of benzene rings is 3. The van der Waals surface area contributed by atoms with Crippen LogP contribution in [-0.4, -0.2) is 25.8 Å². The number of rotatable bonds is 31. The molecular formula is C48H70O5. The van der Waals surface area contributed by atoms with Crippen molar-refractivity contribution in [3.8, 4) is 23.0 Å². The van der Waals surface area contributed by atoms with Crippen molar-refractivity contribution in [1.82, 2.24) is 0 Å². The van der Waals surface area contributed by atoms with Crippen LogP contribution in [0.5, 0.6) is 23.0 Å². The number of carbonyl (C=O) groups excluding carboxylic acids is 1. The molecule has 0 heterocycles. The summed E-state index contributed by atoms with van der Waals surface area (Å²) in [6, 6.07) is 22.1. The van der Waals surface area contributed by atoms with E-state index in [9.17, 15) is 4.79 Å². The molecule has 5 nitrogen and oxygen atoms in total. The summed E-state index contributed by atoms with van der Waals surface area (Å²) < 4.78 is 25.1. The Labute approximate surface area is 322 Å².